The number of carbonyl (C=O) groups is 4. The van der Waals surface area contributed by atoms with Crippen LogP contribution in [0.1, 0.15) is 17.2 Å². The first kappa shape index (κ1) is 23.7. The van der Waals surface area contributed by atoms with Gasteiger partial charge in [-0.15, -0.1) is 0 Å². The van der Waals surface area contributed by atoms with E-state index in [0.717, 1.165) is 4.90 Å². The van der Waals surface area contributed by atoms with E-state index >= 15 is 0 Å². The number of hydrogen-bond donors (Lipinski definition) is 1. The van der Waals surface area contributed by atoms with Gasteiger partial charge in [0.25, 0.3) is 5.91 Å². The molecule has 0 bridgehead atoms. The highest BCUT2D eigenvalue weighted by Gasteiger charge is 2.74. The minimum Gasteiger partial charge on any atom is -0.479 e. The average molecular weight is 499 g/mol. The predicted molar refractivity (Wildman–Crippen MR) is 129 cm³/mol. The highest BCUT2D eigenvalue weighted by Crippen LogP contribution is 2.45. The third-order valence-electron chi connectivity index (χ3n) is 6.31. The smallest absolute Gasteiger partial charge is 0.422 e. The number of imide groups is 1. The van der Waals surface area contributed by atoms with Crippen molar-refractivity contribution in [1.82, 2.24) is 14.8 Å². The van der Waals surface area contributed by atoms with E-state index in [1.807, 2.05) is 0 Å². The lowest BCUT2D eigenvalue weighted by Gasteiger charge is -2.54. The largest absolute Gasteiger partial charge is 0.479 e. The molecule has 3 atom stereocenters. The van der Waals surface area contributed by atoms with Crippen LogP contribution < -0.4 is 4.74 Å². The quantitative estimate of drug-likeness (QED) is 0.403. The molecule has 1 aromatic heterocycles. The van der Waals surface area contributed by atoms with E-state index in [0.29, 0.717) is 16.0 Å². The van der Waals surface area contributed by atoms with Crippen LogP contribution in [0, 0.1) is 0 Å². The second-order valence-electron chi connectivity index (χ2n) is 8.39. The Bertz CT molecular complexity index is 1360. The normalized spacial score (nSPS) is 23.0. The number of β-lactam (4-membered cyclic amide) rings is 1. The molecule has 2 aliphatic heterocycles. The first-order valence-corrected chi connectivity index (χ1v) is 11.4. The molecule has 3 amide bonds. The zero-order valence-corrected chi connectivity index (χ0v) is 19.3. The molecule has 2 aliphatic rings. The molecular formula is C27H21N3O7. The Hall–Kier alpha value is -4.99. The Morgan fingerprint density at radius 2 is 1.73 bits per heavy atom. The summed E-state index contributed by atoms with van der Waals surface area (Å²) in [4.78, 5) is 58.2. The van der Waals surface area contributed by atoms with E-state index in [9.17, 15) is 24.3 Å². The molecule has 37 heavy (non-hydrogen) atoms. The van der Waals surface area contributed by atoms with Crippen molar-refractivity contribution in [2.45, 2.75) is 17.6 Å². The Morgan fingerprint density at radius 3 is 2.38 bits per heavy atom. The molecule has 0 spiro atoms. The van der Waals surface area contributed by atoms with Gasteiger partial charge >= 0.3 is 18.2 Å². The van der Waals surface area contributed by atoms with Crippen molar-refractivity contribution in [3.8, 4) is 5.75 Å². The Labute approximate surface area is 211 Å². The molecule has 5 rings (SSSR count). The van der Waals surface area contributed by atoms with E-state index in [1.54, 1.807) is 66.9 Å². The number of aromatic nitrogens is 1. The predicted octanol–water partition coefficient (Wildman–Crippen LogP) is 3.52. The van der Waals surface area contributed by atoms with Crippen LogP contribution in [-0.2, 0) is 14.3 Å². The number of ether oxygens (including phenoxy) is 2. The number of nitrogens with zero attached hydrogens (tertiary/aromatic N) is 3. The van der Waals surface area contributed by atoms with Crippen molar-refractivity contribution in [3.05, 3.63) is 102 Å². The number of carboxylic acid groups (broad SMARTS) is 1. The maximum absolute atomic E-state index is 13.6. The van der Waals surface area contributed by atoms with Gasteiger partial charge in [0.15, 0.2) is 0 Å². The van der Waals surface area contributed by atoms with Gasteiger partial charge < -0.3 is 14.6 Å². The fourth-order valence-corrected chi connectivity index (χ4v) is 4.59. The Kier molecular flexibility index (Phi) is 6.14. The fraction of sp³-hybridized carbons (Fsp3) is 0.148. The van der Waals surface area contributed by atoms with Crippen LogP contribution in [0.4, 0.5) is 9.59 Å². The summed E-state index contributed by atoms with van der Waals surface area (Å²) in [5.41, 5.74) is -1.26. The van der Waals surface area contributed by atoms with E-state index in [2.05, 4.69) is 4.98 Å². The highest BCUT2D eigenvalue weighted by molar-refractivity contribution is 6.20. The molecule has 10 nitrogen and oxygen atoms in total. The lowest BCUT2D eigenvalue weighted by Crippen LogP contribution is -2.84. The lowest BCUT2D eigenvalue weighted by atomic mass is 9.75. The van der Waals surface area contributed by atoms with Gasteiger partial charge in [0.2, 0.25) is 5.54 Å². The molecular weight excluding hydrogens is 478 g/mol. The molecule has 2 fully saturated rings. The summed E-state index contributed by atoms with van der Waals surface area (Å²) in [7, 11) is 0. The SMILES string of the molecule is O=C(Oc1ccccc1)N1C(=O)[C@@](C(=O)O)(N2C(=O)OC[C@@H]2c2ccccc2)[C@H]1C=Cc1cccnc1. The molecule has 0 saturated carbocycles. The summed E-state index contributed by atoms with van der Waals surface area (Å²) in [5, 5.41) is 10.5. The minimum atomic E-state index is -2.44. The monoisotopic (exact) mass is 499 g/mol. The van der Waals surface area contributed by atoms with Crippen molar-refractivity contribution in [2.75, 3.05) is 6.61 Å². The number of carboxylic acids is 1. The van der Waals surface area contributed by atoms with Gasteiger partial charge in [0.05, 0.1) is 6.04 Å². The molecule has 3 aromatic rings. The van der Waals surface area contributed by atoms with Crippen LogP contribution in [0.5, 0.6) is 5.75 Å². The number of cyclic esters (lactones) is 1. The number of para-hydroxylation sites is 1. The zero-order chi connectivity index (χ0) is 26.0. The molecule has 2 aromatic carbocycles. The minimum absolute atomic E-state index is 0.154. The Morgan fingerprint density at radius 1 is 1.03 bits per heavy atom. The lowest BCUT2D eigenvalue weighted by molar-refractivity contribution is -0.180. The second kappa shape index (κ2) is 9.57. The number of likely N-dealkylation sites (tertiary alicyclic amines) is 1. The number of pyridine rings is 1. The van der Waals surface area contributed by atoms with Crippen LogP contribution in [0.15, 0.2) is 91.3 Å². The third-order valence-corrected chi connectivity index (χ3v) is 6.31. The van der Waals surface area contributed by atoms with Crippen molar-refractivity contribution in [2.24, 2.45) is 0 Å². The average Bonchev–Trinajstić information content (AvgIpc) is 3.29. The van der Waals surface area contributed by atoms with E-state index < -0.39 is 41.7 Å². The number of benzene rings is 2. The van der Waals surface area contributed by atoms with Gasteiger partial charge in [0, 0.05) is 12.4 Å². The van der Waals surface area contributed by atoms with Crippen molar-refractivity contribution in [3.63, 3.8) is 0 Å². The van der Waals surface area contributed by atoms with Crippen LogP contribution in [0.2, 0.25) is 0 Å². The van der Waals surface area contributed by atoms with Gasteiger partial charge in [-0.25, -0.2) is 19.3 Å². The summed E-state index contributed by atoms with van der Waals surface area (Å²) < 4.78 is 10.6. The zero-order valence-electron chi connectivity index (χ0n) is 19.3. The van der Waals surface area contributed by atoms with Crippen molar-refractivity contribution >= 4 is 30.1 Å². The molecule has 186 valence electrons. The maximum atomic E-state index is 13.6. The molecule has 0 aliphatic carbocycles. The van der Waals surface area contributed by atoms with Crippen molar-refractivity contribution in [1.29, 1.82) is 0 Å². The maximum Gasteiger partial charge on any atom is 0.422 e. The van der Waals surface area contributed by atoms with Crippen LogP contribution >= 0.6 is 0 Å². The van der Waals surface area contributed by atoms with Gasteiger partial charge in [0.1, 0.15) is 18.4 Å². The first-order chi connectivity index (χ1) is 17.9. The highest BCUT2D eigenvalue weighted by atomic mass is 16.6. The number of amides is 3. The molecule has 10 heteroatoms. The molecule has 3 heterocycles. The number of hydrogen-bond acceptors (Lipinski definition) is 7. The molecule has 1 N–H and O–H groups in total. The first-order valence-electron chi connectivity index (χ1n) is 11.4. The summed E-state index contributed by atoms with van der Waals surface area (Å²) in [5.74, 6) is -2.53. The summed E-state index contributed by atoms with van der Waals surface area (Å²) >= 11 is 0. The van der Waals surface area contributed by atoms with E-state index in [1.165, 1.54) is 30.5 Å². The van der Waals surface area contributed by atoms with E-state index in [-0.39, 0.29) is 12.4 Å². The molecule has 0 unspecified atom stereocenters. The number of aliphatic carboxylic acids is 1. The van der Waals surface area contributed by atoms with Gasteiger partial charge in [-0.3, -0.25) is 14.7 Å². The summed E-state index contributed by atoms with van der Waals surface area (Å²) in [6, 6.07) is 17.9. The topological polar surface area (TPSA) is 126 Å². The van der Waals surface area contributed by atoms with Crippen LogP contribution in [-0.4, -0.2) is 62.1 Å². The summed E-state index contributed by atoms with van der Waals surface area (Å²) in [6.45, 7) is -0.154. The van der Waals surface area contributed by atoms with Gasteiger partial charge in [-0.2, -0.15) is 0 Å². The third kappa shape index (κ3) is 3.98. The van der Waals surface area contributed by atoms with Crippen LogP contribution in [0.3, 0.4) is 0 Å². The fourth-order valence-electron chi connectivity index (χ4n) is 4.59. The molecule has 0 radical (unpaired) electrons. The summed E-state index contributed by atoms with van der Waals surface area (Å²) in [6.07, 6.45) is 3.97. The second-order valence-corrected chi connectivity index (χ2v) is 8.39. The molecule has 2 saturated heterocycles. The standard InChI is InChI=1S/C27H21N3O7/c31-23-27(24(32)33,30-21(17-36-26(30)35)19-9-3-1-4-10-19)22(14-13-18-8-7-15-28-16-18)29(23)25(34)37-20-11-5-2-6-12-20/h1-16,21-22H,17H2,(H,32,33)/t21-,22-,27+/m1/s1. The van der Waals surface area contributed by atoms with Crippen LogP contribution in [0.25, 0.3) is 6.08 Å². The van der Waals surface area contributed by atoms with E-state index in [4.69, 9.17) is 9.47 Å². The van der Waals surface area contributed by atoms with Gasteiger partial charge in [-0.1, -0.05) is 66.7 Å². The Balaban J connectivity index is 1.58. The number of rotatable bonds is 6. The van der Waals surface area contributed by atoms with Gasteiger partial charge in [-0.05, 0) is 29.3 Å². The number of carbonyl (C=O) groups excluding carboxylic acids is 3. The van der Waals surface area contributed by atoms with Crippen molar-refractivity contribution < 1.29 is 33.8 Å².